The lowest BCUT2D eigenvalue weighted by Crippen LogP contribution is -2.50. The van der Waals surface area contributed by atoms with Gasteiger partial charge in [0, 0.05) is 35.2 Å². The number of benzene rings is 2. The minimum atomic E-state index is -0.437. The molecule has 0 aliphatic rings. The molecule has 1 N–H and O–H groups in total. The van der Waals surface area contributed by atoms with Gasteiger partial charge in [0.2, 0.25) is 11.8 Å². The molecular weight excluding hydrogens is 416 g/mol. The van der Waals surface area contributed by atoms with E-state index in [4.69, 9.17) is 11.6 Å². The van der Waals surface area contributed by atoms with Crippen molar-refractivity contribution in [2.24, 2.45) is 0 Å². The van der Waals surface area contributed by atoms with Crippen molar-refractivity contribution in [1.29, 1.82) is 0 Å². The molecule has 1 unspecified atom stereocenters. The van der Waals surface area contributed by atoms with E-state index >= 15 is 0 Å². The smallest absolute Gasteiger partial charge is 0.242 e. The lowest BCUT2D eigenvalue weighted by molar-refractivity contribution is -0.140. The summed E-state index contributed by atoms with van der Waals surface area (Å²) >= 11 is 7.56. The highest BCUT2D eigenvalue weighted by atomic mass is 35.5. The van der Waals surface area contributed by atoms with Crippen LogP contribution in [0.25, 0.3) is 0 Å². The number of nitrogens with one attached hydrogen (secondary N) is 1. The number of thioether (sulfide) groups is 1. The Kier molecular flexibility index (Phi) is 10.8. The quantitative estimate of drug-likeness (QED) is 0.456. The number of rotatable bonds is 12. The van der Waals surface area contributed by atoms with E-state index < -0.39 is 6.04 Å². The summed E-state index contributed by atoms with van der Waals surface area (Å²) in [6.45, 7) is 5.14. The summed E-state index contributed by atoms with van der Waals surface area (Å²) < 4.78 is 0. The zero-order chi connectivity index (χ0) is 21.8. The van der Waals surface area contributed by atoms with Crippen molar-refractivity contribution < 1.29 is 9.59 Å². The number of halogens is 1. The summed E-state index contributed by atoms with van der Waals surface area (Å²) in [5, 5.41) is 3.65. The van der Waals surface area contributed by atoms with E-state index in [0.29, 0.717) is 36.7 Å². The largest absolute Gasteiger partial charge is 0.354 e. The minimum absolute atomic E-state index is 0.0193. The third-order valence-corrected chi connectivity index (χ3v) is 6.08. The van der Waals surface area contributed by atoms with Crippen molar-refractivity contribution in [3.63, 3.8) is 0 Å². The summed E-state index contributed by atoms with van der Waals surface area (Å²) in [5.41, 5.74) is 1.16. The normalized spacial score (nSPS) is 11.7. The van der Waals surface area contributed by atoms with Gasteiger partial charge in [-0.25, -0.2) is 0 Å². The Balaban J connectivity index is 2.02. The third-order valence-electron chi connectivity index (χ3n) is 4.82. The second-order valence-corrected chi connectivity index (χ2v) is 8.69. The van der Waals surface area contributed by atoms with E-state index in [1.807, 2.05) is 56.3 Å². The van der Waals surface area contributed by atoms with Gasteiger partial charge >= 0.3 is 0 Å². The molecule has 0 bridgehead atoms. The van der Waals surface area contributed by atoms with Crippen molar-refractivity contribution in [3.05, 3.63) is 65.2 Å². The molecule has 2 rings (SSSR count). The third kappa shape index (κ3) is 8.04. The van der Waals surface area contributed by atoms with Crippen molar-refractivity contribution in [2.45, 2.75) is 50.5 Å². The zero-order valence-corrected chi connectivity index (χ0v) is 19.3. The Morgan fingerprint density at radius 3 is 2.40 bits per heavy atom. The van der Waals surface area contributed by atoms with E-state index in [1.54, 1.807) is 16.7 Å². The first-order chi connectivity index (χ1) is 14.5. The highest BCUT2D eigenvalue weighted by molar-refractivity contribution is 7.99. The Morgan fingerprint density at radius 1 is 1.07 bits per heavy atom. The van der Waals surface area contributed by atoms with E-state index in [-0.39, 0.29) is 11.8 Å². The lowest BCUT2D eigenvalue weighted by atomic mass is 10.1. The summed E-state index contributed by atoms with van der Waals surface area (Å²) in [6.07, 6.45) is 2.59. The highest BCUT2D eigenvalue weighted by Gasteiger charge is 2.27. The molecule has 0 saturated heterocycles. The zero-order valence-electron chi connectivity index (χ0n) is 17.8. The second kappa shape index (κ2) is 13.3. The molecule has 0 spiro atoms. The molecule has 0 fully saturated rings. The molecule has 0 aliphatic carbocycles. The number of hydrogen-bond donors (Lipinski definition) is 1. The van der Waals surface area contributed by atoms with Crippen LogP contribution in [0.2, 0.25) is 5.02 Å². The van der Waals surface area contributed by atoms with Crippen LogP contribution in [0, 0.1) is 0 Å². The van der Waals surface area contributed by atoms with E-state index in [0.717, 1.165) is 23.3 Å². The van der Waals surface area contributed by atoms with Crippen LogP contribution in [0.3, 0.4) is 0 Å². The molecule has 1 atom stereocenters. The summed E-state index contributed by atoms with van der Waals surface area (Å²) in [4.78, 5) is 28.6. The maximum Gasteiger partial charge on any atom is 0.242 e. The van der Waals surface area contributed by atoms with Gasteiger partial charge in [0.1, 0.15) is 6.04 Å². The van der Waals surface area contributed by atoms with Crippen molar-refractivity contribution in [2.75, 3.05) is 18.8 Å². The molecule has 2 aromatic carbocycles. The Hall–Kier alpha value is -1.98. The standard InChI is InChI=1S/C24H31ClN2O2S/c1-3-16-26-24(29)22(4-2)27(17-14-19-8-6-5-7-9-19)23(28)15-18-30-21-12-10-20(25)11-13-21/h5-13,22H,3-4,14-18H2,1-2H3,(H,26,29). The first-order valence-corrected chi connectivity index (χ1v) is 11.9. The fourth-order valence-electron chi connectivity index (χ4n) is 3.19. The van der Waals surface area contributed by atoms with Crippen LogP contribution in [0.4, 0.5) is 0 Å². The van der Waals surface area contributed by atoms with Gasteiger partial charge < -0.3 is 10.2 Å². The van der Waals surface area contributed by atoms with Gasteiger partial charge in [-0.3, -0.25) is 9.59 Å². The molecule has 0 aromatic heterocycles. The molecule has 30 heavy (non-hydrogen) atoms. The van der Waals surface area contributed by atoms with Crippen LogP contribution in [-0.4, -0.2) is 41.6 Å². The topological polar surface area (TPSA) is 49.4 Å². The average molecular weight is 447 g/mol. The van der Waals surface area contributed by atoms with Crippen LogP contribution in [0.1, 0.15) is 38.7 Å². The molecule has 6 heteroatoms. The Morgan fingerprint density at radius 2 is 1.77 bits per heavy atom. The maximum atomic E-state index is 13.1. The molecule has 2 amide bonds. The van der Waals surface area contributed by atoms with Gasteiger partial charge in [0.15, 0.2) is 0 Å². The fraction of sp³-hybridized carbons (Fsp3) is 0.417. The van der Waals surface area contributed by atoms with Gasteiger partial charge in [-0.1, -0.05) is 55.8 Å². The molecule has 4 nitrogen and oxygen atoms in total. The predicted octanol–water partition coefficient (Wildman–Crippen LogP) is 5.20. The number of hydrogen-bond acceptors (Lipinski definition) is 3. The molecule has 0 saturated carbocycles. The minimum Gasteiger partial charge on any atom is -0.354 e. The first-order valence-electron chi connectivity index (χ1n) is 10.5. The predicted molar refractivity (Wildman–Crippen MR) is 126 cm³/mol. The molecular formula is C24H31ClN2O2S. The molecule has 0 aliphatic heterocycles. The van der Waals surface area contributed by atoms with Crippen molar-refractivity contribution in [3.8, 4) is 0 Å². The van der Waals surface area contributed by atoms with Crippen molar-refractivity contribution in [1.82, 2.24) is 10.2 Å². The van der Waals surface area contributed by atoms with Gasteiger partial charge in [0.25, 0.3) is 0 Å². The highest BCUT2D eigenvalue weighted by Crippen LogP contribution is 2.22. The van der Waals surface area contributed by atoms with Gasteiger partial charge in [-0.2, -0.15) is 0 Å². The van der Waals surface area contributed by atoms with Gasteiger partial charge in [0.05, 0.1) is 0 Å². The molecule has 2 aromatic rings. The molecule has 0 radical (unpaired) electrons. The van der Waals surface area contributed by atoms with E-state index in [2.05, 4.69) is 17.4 Å². The summed E-state index contributed by atoms with van der Waals surface area (Å²) in [7, 11) is 0. The van der Waals surface area contributed by atoms with E-state index in [9.17, 15) is 9.59 Å². The SMILES string of the molecule is CCCNC(=O)C(CC)N(CCc1ccccc1)C(=O)CCSc1ccc(Cl)cc1. The average Bonchev–Trinajstić information content (AvgIpc) is 2.77. The van der Waals surface area contributed by atoms with Gasteiger partial charge in [-0.15, -0.1) is 11.8 Å². The maximum absolute atomic E-state index is 13.1. The Bertz CT molecular complexity index is 784. The van der Waals surface area contributed by atoms with Crippen LogP contribution in [0.15, 0.2) is 59.5 Å². The van der Waals surface area contributed by atoms with E-state index in [1.165, 1.54) is 0 Å². The lowest BCUT2D eigenvalue weighted by Gasteiger charge is -2.30. The van der Waals surface area contributed by atoms with Crippen LogP contribution in [-0.2, 0) is 16.0 Å². The number of amides is 2. The van der Waals surface area contributed by atoms with Crippen molar-refractivity contribution >= 4 is 35.2 Å². The number of nitrogens with zero attached hydrogens (tertiary/aromatic N) is 1. The van der Waals surface area contributed by atoms with Crippen LogP contribution >= 0.6 is 23.4 Å². The van der Waals surface area contributed by atoms with Crippen LogP contribution < -0.4 is 5.32 Å². The van der Waals surface area contributed by atoms with Crippen LogP contribution in [0.5, 0.6) is 0 Å². The first kappa shape index (κ1) is 24.3. The monoisotopic (exact) mass is 446 g/mol. The molecule has 162 valence electrons. The molecule has 0 heterocycles. The second-order valence-electron chi connectivity index (χ2n) is 7.09. The fourth-order valence-corrected chi connectivity index (χ4v) is 4.16. The Labute approximate surface area is 189 Å². The number of carbonyl (C=O) groups is 2. The number of carbonyl (C=O) groups excluding carboxylic acids is 2. The summed E-state index contributed by atoms with van der Waals surface area (Å²) in [5.74, 6) is 0.618. The van der Waals surface area contributed by atoms with Gasteiger partial charge in [-0.05, 0) is 49.1 Å². The summed E-state index contributed by atoms with van der Waals surface area (Å²) in [6, 6.07) is 17.3.